The molecule has 0 aliphatic rings. The lowest BCUT2D eigenvalue weighted by Crippen LogP contribution is -2.12. The van der Waals surface area contributed by atoms with Gasteiger partial charge in [-0.15, -0.1) is 86.4 Å². The Morgan fingerprint density at radius 1 is 0.471 bits per heavy atom. The van der Waals surface area contributed by atoms with Crippen molar-refractivity contribution >= 4 is 23.2 Å². The average Bonchev–Trinajstić information content (AvgIpc) is 3.42. The number of nitrogens with zero attached hydrogens (tertiary/aromatic N) is 16. The minimum Gasteiger partial charge on any atom is -0.325 e. The van der Waals surface area contributed by atoms with E-state index in [1.807, 2.05) is 36.4 Å². The quantitative estimate of drug-likeness (QED) is 0.165. The summed E-state index contributed by atoms with van der Waals surface area (Å²) >= 11 is 0. The molecule has 0 spiro atoms. The van der Waals surface area contributed by atoms with Gasteiger partial charge >= 0.3 is 0 Å². The molecule has 68 heavy (non-hydrogen) atoms. The Morgan fingerprint density at radius 3 is 1.34 bits per heavy atom. The van der Waals surface area contributed by atoms with Gasteiger partial charge in [-0.05, 0) is 97.1 Å². The zero-order valence-electron chi connectivity index (χ0n) is 35.4. The summed E-state index contributed by atoms with van der Waals surface area (Å²) in [6.45, 7) is 0. The van der Waals surface area contributed by atoms with Gasteiger partial charge in [-0.1, -0.05) is 24.0 Å². The van der Waals surface area contributed by atoms with Crippen LogP contribution in [0.1, 0.15) is 34.3 Å². The van der Waals surface area contributed by atoms with Crippen LogP contribution in [0.3, 0.4) is 0 Å². The number of aromatic nitrogens is 16. The van der Waals surface area contributed by atoms with Crippen molar-refractivity contribution in [2.75, 3.05) is 10.6 Å². The van der Waals surface area contributed by atoms with E-state index in [4.69, 9.17) is 19.3 Å². The number of anilines is 2. The van der Waals surface area contributed by atoms with E-state index in [9.17, 15) is 9.59 Å². The van der Waals surface area contributed by atoms with Crippen LogP contribution in [-0.2, 0) is 4.79 Å². The Kier molecular flexibility index (Phi) is 15.6. The van der Waals surface area contributed by atoms with Crippen molar-refractivity contribution in [2.45, 2.75) is 12.8 Å². The first-order chi connectivity index (χ1) is 33.4. The Hall–Kier alpha value is -10.5. The van der Waals surface area contributed by atoms with Gasteiger partial charge in [-0.3, -0.25) is 29.5 Å². The third kappa shape index (κ3) is 12.8. The molecule has 7 aromatic heterocycles. The predicted molar refractivity (Wildman–Crippen MR) is 248 cm³/mol. The molecule has 2 N–H and O–H groups in total. The molecule has 2 amide bonds. The monoisotopic (exact) mass is 892 g/mol. The lowest BCUT2D eigenvalue weighted by Gasteiger charge is -2.06. The molecule has 0 saturated heterocycles. The molecule has 0 unspecified atom stereocenters. The van der Waals surface area contributed by atoms with Crippen molar-refractivity contribution in [3.63, 3.8) is 0 Å². The lowest BCUT2D eigenvalue weighted by molar-refractivity contribution is -0.116. The van der Waals surface area contributed by atoms with Gasteiger partial charge in [0, 0.05) is 47.5 Å². The molecule has 7 heterocycles. The number of benzene rings is 2. The molecule has 0 atom stereocenters. The summed E-state index contributed by atoms with van der Waals surface area (Å²) in [6.07, 6.45) is 23.9. The SMILES string of the molecule is C#CCCC(=O)Nc1ccc(-c2nnc(-c3ccccn3)nn2)nc1.C#Cc1ccc(-c2nncnn2)cc1.C#Cc1ccc(C(=O)Nc2ccc(-c3nnc(-c4ccccn4)nn3)nc2)cc1. The largest absolute Gasteiger partial charge is 0.325 e. The van der Waals surface area contributed by atoms with Gasteiger partial charge in [-0.25, -0.2) is 0 Å². The van der Waals surface area contributed by atoms with Crippen LogP contribution in [0.4, 0.5) is 11.4 Å². The maximum absolute atomic E-state index is 12.3. The van der Waals surface area contributed by atoms with Crippen LogP contribution in [0, 0.1) is 37.0 Å². The lowest BCUT2D eigenvalue weighted by atomic mass is 10.1. The van der Waals surface area contributed by atoms with Gasteiger partial charge in [0.1, 0.15) is 22.8 Å². The first-order valence-electron chi connectivity index (χ1n) is 20.0. The fourth-order valence-corrected chi connectivity index (χ4v) is 5.42. The van der Waals surface area contributed by atoms with E-state index >= 15 is 0 Å². The fraction of sp³-hybridized carbons (Fsp3) is 0.0417. The van der Waals surface area contributed by atoms with E-state index in [1.54, 1.807) is 85.2 Å². The molecule has 0 saturated carbocycles. The summed E-state index contributed by atoms with van der Waals surface area (Å²) in [5, 5.41) is 52.7. The van der Waals surface area contributed by atoms with Crippen molar-refractivity contribution in [3.8, 4) is 94.5 Å². The van der Waals surface area contributed by atoms with Crippen LogP contribution in [0.5, 0.6) is 0 Å². The van der Waals surface area contributed by atoms with Crippen LogP contribution in [-0.4, -0.2) is 92.9 Å². The summed E-state index contributed by atoms with van der Waals surface area (Å²) in [4.78, 5) is 40.7. The van der Waals surface area contributed by atoms with Gasteiger partial charge in [0.25, 0.3) is 5.91 Å². The summed E-state index contributed by atoms with van der Waals surface area (Å²) in [5.41, 5.74) is 6.13. The Morgan fingerprint density at radius 2 is 0.926 bits per heavy atom. The second-order valence-corrected chi connectivity index (χ2v) is 13.4. The molecule has 0 fully saturated rings. The highest BCUT2D eigenvalue weighted by Crippen LogP contribution is 2.18. The summed E-state index contributed by atoms with van der Waals surface area (Å²) in [7, 11) is 0. The second-order valence-electron chi connectivity index (χ2n) is 13.4. The molecular weight excluding hydrogens is 861 g/mol. The van der Waals surface area contributed by atoms with Crippen molar-refractivity contribution < 1.29 is 9.59 Å². The van der Waals surface area contributed by atoms with Crippen LogP contribution >= 0.6 is 0 Å². The maximum Gasteiger partial charge on any atom is 0.255 e. The predicted octanol–water partition coefficient (Wildman–Crippen LogP) is 5.28. The first kappa shape index (κ1) is 45.5. The number of hydrogen-bond donors (Lipinski definition) is 2. The number of carbonyl (C=O) groups is 2. The van der Waals surface area contributed by atoms with E-state index < -0.39 is 0 Å². The normalized spacial score (nSPS) is 9.96. The molecule has 326 valence electrons. The van der Waals surface area contributed by atoms with Crippen LogP contribution in [0.15, 0.2) is 140 Å². The zero-order valence-corrected chi connectivity index (χ0v) is 35.4. The van der Waals surface area contributed by atoms with E-state index in [0.717, 1.165) is 11.1 Å². The minimum atomic E-state index is -0.262. The standard InChI is InChI=1S/C21H13N7O.C17H13N7O.C10H6N4/c1-2-14-6-8-15(9-7-14)21(29)24-16-10-11-18(23-13-16)20-27-25-19(26-28-20)17-5-3-4-12-22-17;1-2-3-7-15(25)20-12-8-9-14(19-11-12)17-23-21-16(22-24-17)13-6-4-5-10-18-13;1-2-8-3-5-9(6-4-8)10-13-11-7-12-14-10/h1,3-13H,(H,24,29);1,4-6,8-11H,3,7H2,(H,20,25);1,3-7H. The van der Waals surface area contributed by atoms with E-state index in [2.05, 4.69) is 110 Å². The number of pyridine rings is 4. The van der Waals surface area contributed by atoms with Crippen molar-refractivity contribution in [1.29, 1.82) is 0 Å². The van der Waals surface area contributed by atoms with Crippen LogP contribution in [0.25, 0.3) is 57.5 Å². The summed E-state index contributed by atoms with van der Waals surface area (Å²) in [5.74, 6) is 8.75. The van der Waals surface area contributed by atoms with Crippen LogP contribution < -0.4 is 10.6 Å². The topological polar surface area (TPSA) is 264 Å². The minimum absolute atomic E-state index is 0.160. The Labute approximate surface area is 387 Å². The van der Waals surface area contributed by atoms with Crippen molar-refractivity contribution in [2.24, 2.45) is 0 Å². The molecule has 0 radical (unpaired) electrons. The average molecular weight is 893 g/mol. The molecule has 9 rings (SSSR count). The zero-order chi connectivity index (χ0) is 47.3. The van der Waals surface area contributed by atoms with Gasteiger partial charge < -0.3 is 10.6 Å². The number of terminal acetylenes is 3. The molecule has 9 aromatic rings. The smallest absolute Gasteiger partial charge is 0.255 e. The maximum atomic E-state index is 12.3. The number of amides is 2. The van der Waals surface area contributed by atoms with Crippen LogP contribution in [0.2, 0.25) is 0 Å². The fourth-order valence-electron chi connectivity index (χ4n) is 5.42. The van der Waals surface area contributed by atoms with Gasteiger partial charge in [0.2, 0.25) is 35.0 Å². The number of carbonyl (C=O) groups excluding carboxylic acids is 2. The Balaban J connectivity index is 0.000000160. The van der Waals surface area contributed by atoms with E-state index in [-0.39, 0.29) is 29.9 Å². The summed E-state index contributed by atoms with van der Waals surface area (Å²) in [6, 6.07) is 31.7. The number of rotatable bonds is 10. The molecule has 0 aliphatic heterocycles. The second kappa shape index (κ2) is 23.2. The molecule has 0 bridgehead atoms. The van der Waals surface area contributed by atoms with Crippen molar-refractivity contribution in [3.05, 3.63) is 157 Å². The van der Waals surface area contributed by atoms with Crippen molar-refractivity contribution in [1.82, 2.24) is 81.1 Å². The summed E-state index contributed by atoms with van der Waals surface area (Å²) < 4.78 is 0. The first-order valence-corrected chi connectivity index (χ1v) is 20.0. The third-order valence-electron chi connectivity index (χ3n) is 8.80. The highest BCUT2D eigenvalue weighted by molar-refractivity contribution is 6.04. The van der Waals surface area contributed by atoms with Gasteiger partial charge in [0.05, 0.1) is 23.8 Å². The number of hydrogen-bond acceptors (Lipinski definition) is 18. The Bertz CT molecular complexity index is 3180. The highest BCUT2D eigenvalue weighted by Gasteiger charge is 2.12. The third-order valence-corrected chi connectivity index (χ3v) is 8.80. The van der Waals surface area contributed by atoms with Gasteiger partial charge in [-0.2, -0.15) is 0 Å². The molecule has 20 heteroatoms. The van der Waals surface area contributed by atoms with E-state index in [0.29, 0.717) is 69.2 Å². The number of nitrogens with one attached hydrogen (secondary N) is 2. The van der Waals surface area contributed by atoms with Gasteiger partial charge in [0.15, 0.2) is 6.33 Å². The molecular formula is C48H32N18O2. The van der Waals surface area contributed by atoms with E-state index in [1.165, 1.54) is 18.7 Å². The molecule has 2 aromatic carbocycles. The molecule has 0 aliphatic carbocycles. The molecule has 20 nitrogen and oxygen atoms in total. The highest BCUT2D eigenvalue weighted by atomic mass is 16.2.